The van der Waals surface area contributed by atoms with E-state index in [0.29, 0.717) is 25.5 Å². The Morgan fingerprint density at radius 2 is 2.24 bits per heavy atom. The normalized spacial score (nSPS) is 12.2. The van der Waals surface area contributed by atoms with E-state index in [2.05, 4.69) is 10.3 Å². The molecule has 1 atom stereocenters. The first-order valence-electron chi connectivity index (χ1n) is 7.17. The molecule has 0 spiro atoms. The lowest BCUT2D eigenvalue weighted by molar-refractivity contribution is -0.122. The third-order valence-corrected chi connectivity index (χ3v) is 2.85. The van der Waals surface area contributed by atoms with Gasteiger partial charge in [-0.2, -0.15) is 0 Å². The molecule has 0 aromatic carbocycles. The monoisotopic (exact) mass is 295 g/mol. The molecule has 1 heterocycles. The number of pyridine rings is 1. The molecule has 6 nitrogen and oxygen atoms in total. The molecule has 0 aliphatic rings. The van der Waals surface area contributed by atoms with Crippen molar-refractivity contribution in [1.29, 1.82) is 0 Å². The van der Waals surface area contributed by atoms with Gasteiger partial charge in [0.15, 0.2) is 0 Å². The molecule has 0 aliphatic heterocycles. The highest BCUT2D eigenvalue weighted by Gasteiger charge is 2.14. The van der Waals surface area contributed by atoms with Crippen LogP contribution >= 0.6 is 0 Å². The maximum Gasteiger partial charge on any atom is 0.237 e. The lowest BCUT2D eigenvalue weighted by atomic mass is 10.1. The van der Waals surface area contributed by atoms with Crippen LogP contribution in [0.4, 0.5) is 0 Å². The van der Waals surface area contributed by atoms with Gasteiger partial charge in [0.05, 0.1) is 12.1 Å². The van der Waals surface area contributed by atoms with Gasteiger partial charge in [-0.25, -0.2) is 4.98 Å². The van der Waals surface area contributed by atoms with Crippen molar-refractivity contribution in [3.8, 4) is 5.88 Å². The van der Waals surface area contributed by atoms with Gasteiger partial charge in [-0.3, -0.25) is 4.79 Å². The average Bonchev–Trinajstić information content (AvgIpc) is 2.45. The Bertz CT molecular complexity index is 438. The number of methoxy groups -OCH3 is 1. The van der Waals surface area contributed by atoms with Gasteiger partial charge in [0, 0.05) is 32.0 Å². The van der Waals surface area contributed by atoms with Crippen molar-refractivity contribution in [2.75, 3.05) is 13.7 Å². The fourth-order valence-corrected chi connectivity index (χ4v) is 1.78. The summed E-state index contributed by atoms with van der Waals surface area (Å²) in [7, 11) is 1.63. The molecule has 0 aliphatic carbocycles. The smallest absolute Gasteiger partial charge is 0.237 e. The van der Waals surface area contributed by atoms with E-state index in [1.54, 1.807) is 13.3 Å². The molecular formula is C15H25N3O3. The third kappa shape index (κ3) is 6.55. The molecule has 0 fully saturated rings. The molecule has 1 rings (SSSR count). The number of ether oxygens (including phenoxy) is 2. The summed E-state index contributed by atoms with van der Waals surface area (Å²) >= 11 is 0. The Morgan fingerprint density at radius 3 is 2.90 bits per heavy atom. The summed E-state index contributed by atoms with van der Waals surface area (Å²) in [5, 5.41) is 2.81. The summed E-state index contributed by atoms with van der Waals surface area (Å²) in [5.74, 6) is 0.367. The minimum absolute atomic E-state index is 0.0330. The second-order valence-electron chi connectivity index (χ2n) is 5.09. The van der Waals surface area contributed by atoms with Crippen molar-refractivity contribution in [2.45, 2.75) is 45.4 Å². The number of rotatable bonds is 9. The molecule has 0 bridgehead atoms. The molecule has 1 amide bonds. The van der Waals surface area contributed by atoms with Gasteiger partial charge in [-0.1, -0.05) is 6.07 Å². The van der Waals surface area contributed by atoms with E-state index in [4.69, 9.17) is 15.2 Å². The molecule has 1 aromatic heterocycles. The number of nitrogens with two attached hydrogens (primary N) is 1. The zero-order chi connectivity index (χ0) is 15.7. The lowest BCUT2D eigenvalue weighted by Crippen LogP contribution is -2.40. The SMILES string of the molecule is COCCCC(N)C(=O)NCc1cccnc1OC(C)C. The molecule has 3 N–H and O–H groups in total. The van der Waals surface area contributed by atoms with Gasteiger partial charge < -0.3 is 20.5 Å². The second-order valence-corrected chi connectivity index (χ2v) is 5.09. The Kier molecular flexibility index (Phi) is 7.71. The fourth-order valence-electron chi connectivity index (χ4n) is 1.78. The van der Waals surface area contributed by atoms with Crippen molar-refractivity contribution in [3.63, 3.8) is 0 Å². The number of nitrogens with one attached hydrogen (secondary N) is 1. The summed E-state index contributed by atoms with van der Waals surface area (Å²) in [6, 6.07) is 3.17. The third-order valence-electron chi connectivity index (χ3n) is 2.85. The van der Waals surface area contributed by atoms with E-state index < -0.39 is 6.04 Å². The molecule has 21 heavy (non-hydrogen) atoms. The summed E-state index contributed by atoms with van der Waals surface area (Å²) < 4.78 is 10.5. The Hall–Kier alpha value is -1.66. The highest BCUT2D eigenvalue weighted by molar-refractivity contribution is 5.81. The Labute approximate surface area is 126 Å². The van der Waals surface area contributed by atoms with Gasteiger partial charge in [0.2, 0.25) is 11.8 Å². The van der Waals surface area contributed by atoms with E-state index in [0.717, 1.165) is 12.0 Å². The molecule has 1 unspecified atom stereocenters. The molecular weight excluding hydrogens is 270 g/mol. The largest absolute Gasteiger partial charge is 0.475 e. The zero-order valence-electron chi connectivity index (χ0n) is 13.0. The van der Waals surface area contributed by atoms with Crippen LogP contribution in [-0.2, 0) is 16.1 Å². The number of carbonyl (C=O) groups is 1. The number of aromatic nitrogens is 1. The zero-order valence-corrected chi connectivity index (χ0v) is 13.0. The summed E-state index contributed by atoms with van der Waals surface area (Å²) in [6.45, 7) is 4.83. The van der Waals surface area contributed by atoms with Crippen molar-refractivity contribution < 1.29 is 14.3 Å². The molecule has 118 valence electrons. The van der Waals surface area contributed by atoms with E-state index >= 15 is 0 Å². The lowest BCUT2D eigenvalue weighted by Gasteiger charge is -2.15. The topological polar surface area (TPSA) is 86.5 Å². The highest BCUT2D eigenvalue weighted by Crippen LogP contribution is 2.15. The average molecular weight is 295 g/mol. The first-order chi connectivity index (χ1) is 10.0. The molecule has 0 radical (unpaired) electrons. The van der Waals surface area contributed by atoms with Crippen LogP contribution in [0, 0.1) is 0 Å². The van der Waals surface area contributed by atoms with Gasteiger partial charge >= 0.3 is 0 Å². The van der Waals surface area contributed by atoms with Crippen LogP contribution in [-0.4, -0.2) is 36.8 Å². The first kappa shape index (κ1) is 17.4. The minimum Gasteiger partial charge on any atom is -0.475 e. The van der Waals surface area contributed by atoms with Crippen molar-refractivity contribution in [2.24, 2.45) is 5.73 Å². The molecule has 0 saturated heterocycles. The summed E-state index contributed by atoms with van der Waals surface area (Å²) in [5.41, 5.74) is 6.66. The van der Waals surface area contributed by atoms with E-state index in [-0.39, 0.29) is 12.0 Å². The maximum absolute atomic E-state index is 11.9. The molecule has 6 heteroatoms. The predicted molar refractivity (Wildman–Crippen MR) is 80.9 cm³/mol. The minimum atomic E-state index is -0.522. The van der Waals surface area contributed by atoms with E-state index in [1.807, 2.05) is 26.0 Å². The maximum atomic E-state index is 11.9. The summed E-state index contributed by atoms with van der Waals surface area (Å²) in [4.78, 5) is 16.1. The quantitative estimate of drug-likeness (QED) is 0.669. The second kappa shape index (κ2) is 9.31. The van der Waals surface area contributed by atoms with Crippen molar-refractivity contribution in [1.82, 2.24) is 10.3 Å². The van der Waals surface area contributed by atoms with Crippen molar-refractivity contribution in [3.05, 3.63) is 23.9 Å². The Balaban J connectivity index is 2.49. The van der Waals surface area contributed by atoms with Crippen LogP contribution in [0.2, 0.25) is 0 Å². The molecule has 0 saturated carbocycles. The predicted octanol–water partition coefficient (Wildman–Crippen LogP) is 1.24. The summed E-state index contributed by atoms with van der Waals surface area (Å²) in [6.07, 6.45) is 3.06. The van der Waals surface area contributed by atoms with Gasteiger partial charge in [-0.15, -0.1) is 0 Å². The first-order valence-corrected chi connectivity index (χ1v) is 7.17. The number of hydrogen-bond acceptors (Lipinski definition) is 5. The molecule has 1 aromatic rings. The van der Waals surface area contributed by atoms with Crippen LogP contribution in [0.15, 0.2) is 18.3 Å². The van der Waals surface area contributed by atoms with Crippen LogP contribution in [0.3, 0.4) is 0 Å². The van der Waals surface area contributed by atoms with Crippen molar-refractivity contribution >= 4 is 5.91 Å². The van der Waals surface area contributed by atoms with Crippen LogP contribution in [0.25, 0.3) is 0 Å². The van der Waals surface area contributed by atoms with Crippen LogP contribution < -0.4 is 15.8 Å². The fraction of sp³-hybridized carbons (Fsp3) is 0.600. The Morgan fingerprint density at radius 1 is 1.48 bits per heavy atom. The number of carbonyl (C=O) groups excluding carboxylic acids is 1. The van der Waals surface area contributed by atoms with E-state index in [9.17, 15) is 4.79 Å². The van der Waals surface area contributed by atoms with Gasteiger partial charge in [0.25, 0.3) is 0 Å². The standard InChI is InChI=1S/C15H25N3O3/c1-11(2)21-15-12(6-4-8-17-15)10-18-14(19)13(16)7-5-9-20-3/h4,6,8,11,13H,5,7,9-10,16H2,1-3H3,(H,18,19). The highest BCUT2D eigenvalue weighted by atomic mass is 16.5. The van der Waals surface area contributed by atoms with Gasteiger partial charge in [0.1, 0.15) is 0 Å². The number of hydrogen-bond donors (Lipinski definition) is 2. The van der Waals surface area contributed by atoms with E-state index in [1.165, 1.54) is 0 Å². The number of amides is 1. The van der Waals surface area contributed by atoms with Gasteiger partial charge in [-0.05, 0) is 32.8 Å². The number of nitrogens with zero attached hydrogens (tertiary/aromatic N) is 1. The van der Waals surface area contributed by atoms with Crippen LogP contribution in [0.5, 0.6) is 5.88 Å². The van der Waals surface area contributed by atoms with Crippen LogP contribution in [0.1, 0.15) is 32.3 Å².